The van der Waals surface area contributed by atoms with Gasteiger partial charge in [-0.25, -0.2) is 9.97 Å². The molecule has 0 atom stereocenters. The van der Waals surface area contributed by atoms with Crippen molar-refractivity contribution in [3.8, 4) is 11.4 Å². The minimum Gasteiger partial charge on any atom is -0.372 e. The molecule has 0 fully saturated rings. The zero-order chi connectivity index (χ0) is 14.5. The fraction of sp³-hybridized carbons (Fsp3) is 0.333. The number of nitrogens with zero attached hydrogens (tertiary/aromatic N) is 2. The molecule has 1 aromatic heterocycles. The van der Waals surface area contributed by atoms with Crippen LogP contribution in [0, 0.1) is 0 Å². The molecule has 5 heteroatoms. The number of thioether (sulfide) groups is 1. The molecular weight excluding hydrogens is 334 g/mol. The molecule has 20 heavy (non-hydrogen) atoms. The van der Waals surface area contributed by atoms with Crippen LogP contribution in [0.5, 0.6) is 0 Å². The molecule has 0 aliphatic heterocycles. The van der Waals surface area contributed by atoms with Gasteiger partial charge in [0.05, 0.1) is 10.2 Å². The predicted molar refractivity (Wildman–Crippen MR) is 90.5 cm³/mol. The van der Waals surface area contributed by atoms with Crippen molar-refractivity contribution < 1.29 is 0 Å². The molecule has 0 radical (unpaired) electrons. The molecule has 2 rings (SSSR count). The Bertz CT molecular complexity index is 584. The Morgan fingerprint density at radius 3 is 2.45 bits per heavy atom. The summed E-state index contributed by atoms with van der Waals surface area (Å²) >= 11 is 5.31. The van der Waals surface area contributed by atoms with E-state index in [-0.39, 0.29) is 0 Å². The van der Waals surface area contributed by atoms with Crippen LogP contribution in [0.15, 0.2) is 33.6 Å². The second-order valence-corrected chi connectivity index (χ2v) is 6.06. The summed E-state index contributed by atoms with van der Waals surface area (Å²) < 4.78 is 0.964. The van der Waals surface area contributed by atoms with Crippen molar-refractivity contribution in [3.63, 3.8) is 0 Å². The SMILES string of the molecule is CCCc1nc(-c2ccc(SC)cc2)nc(NC)c1Br. The summed E-state index contributed by atoms with van der Waals surface area (Å²) in [6.07, 6.45) is 4.07. The average molecular weight is 352 g/mol. The Labute approximate surface area is 132 Å². The van der Waals surface area contributed by atoms with Gasteiger partial charge in [0.1, 0.15) is 5.82 Å². The van der Waals surface area contributed by atoms with Crippen LogP contribution in [0.3, 0.4) is 0 Å². The molecule has 0 aliphatic carbocycles. The molecule has 0 unspecified atom stereocenters. The lowest BCUT2D eigenvalue weighted by atomic mass is 10.2. The summed E-state index contributed by atoms with van der Waals surface area (Å²) in [6, 6.07) is 8.35. The number of anilines is 1. The van der Waals surface area contributed by atoms with Crippen LogP contribution < -0.4 is 5.32 Å². The first-order valence-electron chi connectivity index (χ1n) is 6.58. The van der Waals surface area contributed by atoms with Crippen molar-refractivity contribution in [2.45, 2.75) is 24.7 Å². The van der Waals surface area contributed by atoms with E-state index in [4.69, 9.17) is 4.98 Å². The number of rotatable bonds is 5. The third-order valence-corrected chi connectivity index (χ3v) is 4.57. The van der Waals surface area contributed by atoms with Gasteiger partial charge < -0.3 is 5.32 Å². The van der Waals surface area contributed by atoms with Crippen molar-refractivity contribution in [3.05, 3.63) is 34.4 Å². The van der Waals surface area contributed by atoms with Crippen LogP contribution in [0.1, 0.15) is 19.0 Å². The summed E-state index contributed by atoms with van der Waals surface area (Å²) in [5.74, 6) is 1.61. The van der Waals surface area contributed by atoms with Crippen LogP contribution in [0.2, 0.25) is 0 Å². The van der Waals surface area contributed by atoms with E-state index in [0.717, 1.165) is 40.2 Å². The molecule has 0 saturated heterocycles. The van der Waals surface area contributed by atoms with Gasteiger partial charge in [-0.2, -0.15) is 0 Å². The van der Waals surface area contributed by atoms with E-state index in [1.165, 1.54) is 4.90 Å². The minimum absolute atomic E-state index is 0.772. The molecular formula is C15H18BrN3S. The second-order valence-electron chi connectivity index (χ2n) is 4.38. The van der Waals surface area contributed by atoms with E-state index in [2.05, 4.69) is 63.7 Å². The molecule has 1 N–H and O–H groups in total. The molecule has 3 nitrogen and oxygen atoms in total. The molecule has 1 aromatic carbocycles. The highest BCUT2D eigenvalue weighted by Crippen LogP contribution is 2.28. The lowest BCUT2D eigenvalue weighted by Crippen LogP contribution is -2.03. The van der Waals surface area contributed by atoms with Crippen LogP contribution in [-0.2, 0) is 6.42 Å². The molecule has 0 aliphatic rings. The van der Waals surface area contributed by atoms with Gasteiger partial charge in [0.2, 0.25) is 0 Å². The Morgan fingerprint density at radius 2 is 1.90 bits per heavy atom. The maximum atomic E-state index is 4.69. The van der Waals surface area contributed by atoms with E-state index in [9.17, 15) is 0 Å². The van der Waals surface area contributed by atoms with Gasteiger partial charge in [-0.15, -0.1) is 11.8 Å². The fourth-order valence-corrected chi connectivity index (χ4v) is 2.91. The number of nitrogens with one attached hydrogen (secondary N) is 1. The Hall–Kier alpha value is -1.07. The molecule has 2 aromatic rings. The second kappa shape index (κ2) is 7.09. The monoisotopic (exact) mass is 351 g/mol. The maximum Gasteiger partial charge on any atom is 0.161 e. The topological polar surface area (TPSA) is 37.8 Å². The highest BCUT2D eigenvalue weighted by Gasteiger charge is 2.12. The standard InChI is InChI=1S/C15H18BrN3S/c1-4-5-12-13(16)15(17-2)19-14(18-12)10-6-8-11(20-3)9-7-10/h6-9H,4-5H2,1-3H3,(H,17,18,19). The van der Waals surface area contributed by atoms with Crippen molar-refractivity contribution in [1.29, 1.82) is 0 Å². The van der Waals surface area contributed by atoms with E-state index in [1.54, 1.807) is 11.8 Å². The van der Waals surface area contributed by atoms with Crippen molar-refractivity contribution in [2.75, 3.05) is 18.6 Å². The number of halogens is 1. The van der Waals surface area contributed by atoms with E-state index < -0.39 is 0 Å². The van der Waals surface area contributed by atoms with Crippen molar-refractivity contribution in [1.82, 2.24) is 9.97 Å². The molecule has 106 valence electrons. The normalized spacial score (nSPS) is 10.6. The molecule has 0 bridgehead atoms. The molecule has 0 saturated carbocycles. The van der Waals surface area contributed by atoms with Crippen LogP contribution >= 0.6 is 27.7 Å². The van der Waals surface area contributed by atoms with E-state index >= 15 is 0 Å². The summed E-state index contributed by atoms with van der Waals surface area (Å²) in [4.78, 5) is 10.5. The fourth-order valence-electron chi connectivity index (χ4n) is 1.93. The maximum absolute atomic E-state index is 4.69. The van der Waals surface area contributed by atoms with Gasteiger partial charge in [-0.3, -0.25) is 0 Å². The summed E-state index contributed by atoms with van der Waals surface area (Å²) in [6.45, 7) is 2.15. The number of aromatic nitrogens is 2. The van der Waals surface area contributed by atoms with Crippen LogP contribution in [0.4, 0.5) is 5.82 Å². The lowest BCUT2D eigenvalue weighted by molar-refractivity contribution is 0.869. The Kier molecular flexibility index (Phi) is 5.43. The van der Waals surface area contributed by atoms with Gasteiger partial charge in [-0.1, -0.05) is 25.5 Å². The first kappa shape index (κ1) is 15.3. The van der Waals surface area contributed by atoms with Crippen LogP contribution in [-0.4, -0.2) is 23.3 Å². The first-order chi connectivity index (χ1) is 9.69. The number of aryl methyl sites for hydroxylation is 1. The van der Waals surface area contributed by atoms with Gasteiger partial charge in [0.15, 0.2) is 5.82 Å². The minimum atomic E-state index is 0.772. The summed E-state index contributed by atoms with van der Waals surface area (Å²) in [5.41, 5.74) is 2.10. The lowest BCUT2D eigenvalue weighted by Gasteiger charge is -2.11. The number of benzene rings is 1. The summed E-state index contributed by atoms with van der Waals surface area (Å²) in [5, 5.41) is 3.12. The first-order valence-corrected chi connectivity index (χ1v) is 8.60. The average Bonchev–Trinajstić information content (AvgIpc) is 2.49. The van der Waals surface area contributed by atoms with Crippen LogP contribution in [0.25, 0.3) is 11.4 Å². The zero-order valence-electron chi connectivity index (χ0n) is 11.9. The highest BCUT2D eigenvalue weighted by molar-refractivity contribution is 9.10. The van der Waals surface area contributed by atoms with Gasteiger partial charge in [-0.05, 0) is 40.7 Å². The third kappa shape index (κ3) is 3.33. The van der Waals surface area contributed by atoms with Gasteiger partial charge in [0, 0.05) is 17.5 Å². The summed E-state index contributed by atoms with van der Waals surface area (Å²) in [7, 11) is 1.88. The van der Waals surface area contributed by atoms with Gasteiger partial charge in [0.25, 0.3) is 0 Å². The van der Waals surface area contributed by atoms with Crippen molar-refractivity contribution >= 4 is 33.5 Å². The molecule has 1 heterocycles. The van der Waals surface area contributed by atoms with Crippen molar-refractivity contribution in [2.24, 2.45) is 0 Å². The molecule has 0 spiro atoms. The largest absolute Gasteiger partial charge is 0.372 e. The van der Waals surface area contributed by atoms with E-state index in [1.807, 2.05) is 7.05 Å². The quantitative estimate of drug-likeness (QED) is 0.797. The highest BCUT2D eigenvalue weighted by atomic mass is 79.9. The zero-order valence-corrected chi connectivity index (χ0v) is 14.3. The Morgan fingerprint density at radius 1 is 1.20 bits per heavy atom. The Balaban J connectivity index is 2.46. The number of hydrogen-bond acceptors (Lipinski definition) is 4. The van der Waals surface area contributed by atoms with Gasteiger partial charge >= 0.3 is 0 Å². The smallest absolute Gasteiger partial charge is 0.161 e. The predicted octanol–water partition coefficient (Wildman–Crippen LogP) is 4.62. The molecule has 0 amide bonds. The van der Waals surface area contributed by atoms with E-state index in [0.29, 0.717) is 0 Å². The number of hydrogen-bond donors (Lipinski definition) is 1. The third-order valence-electron chi connectivity index (χ3n) is 2.99.